The van der Waals surface area contributed by atoms with Crippen LogP contribution in [0.4, 0.5) is 5.69 Å². The van der Waals surface area contributed by atoms with Crippen LogP contribution in [0, 0.1) is 0 Å². The molecule has 5 N–H and O–H groups in total. The van der Waals surface area contributed by atoms with Crippen LogP contribution in [0.15, 0.2) is 65.7 Å². The van der Waals surface area contributed by atoms with E-state index in [4.69, 9.17) is 21.3 Å². The Labute approximate surface area is 226 Å². The van der Waals surface area contributed by atoms with Gasteiger partial charge < -0.3 is 25.2 Å². The second kappa shape index (κ2) is 10.9. The van der Waals surface area contributed by atoms with Crippen molar-refractivity contribution in [3.8, 4) is 17.2 Å². The number of methoxy groups -OCH3 is 1. The first kappa shape index (κ1) is 25.8. The van der Waals surface area contributed by atoms with Gasteiger partial charge in [0, 0.05) is 28.4 Å². The zero-order chi connectivity index (χ0) is 26.8. The molecule has 2 aliphatic rings. The van der Waals surface area contributed by atoms with Crippen LogP contribution in [-0.2, 0) is 11.2 Å². The van der Waals surface area contributed by atoms with Gasteiger partial charge in [-0.2, -0.15) is 0 Å². The monoisotopic (exact) mass is 535 g/mol. The number of benzene rings is 3. The Hall–Kier alpha value is -3.79. The van der Waals surface area contributed by atoms with Crippen molar-refractivity contribution in [2.75, 3.05) is 18.6 Å². The number of hydrazine groups is 1. The number of rotatable bonds is 7. The molecule has 0 aromatic heterocycles. The summed E-state index contributed by atoms with van der Waals surface area (Å²) in [6.45, 7) is 2.36. The summed E-state index contributed by atoms with van der Waals surface area (Å²) in [6, 6.07) is 17.8. The molecule has 198 valence electrons. The van der Waals surface area contributed by atoms with E-state index in [9.17, 15) is 15.0 Å². The Morgan fingerprint density at radius 3 is 2.68 bits per heavy atom. The van der Waals surface area contributed by atoms with Crippen molar-refractivity contribution in [1.29, 1.82) is 0 Å². The van der Waals surface area contributed by atoms with Crippen LogP contribution >= 0.6 is 11.6 Å². The summed E-state index contributed by atoms with van der Waals surface area (Å²) < 4.78 is 5.53. The topological polar surface area (TPSA) is 118 Å². The number of amides is 1. The lowest BCUT2D eigenvalue weighted by atomic mass is 9.99. The van der Waals surface area contributed by atoms with Crippen LogP contribution in [0.1, 0.15) is 30.0 Å². The summed E-state index contributed by atoms with van der Waals surface area (Å²) in [7, 11) is 1.63. The molecule has 10 heteroatoms. The maximum Gasteiger partial charge on any atom is 0.222 e. The molecule has 2 aliphatic heterocycles. The molecule has 1 saturated heterocycles. The minimum Gasteiger partial charge on any atom is -0.504 e. The number of para-hydroxylation sites is 1. The van der Waals surface area contributed by atoms with Gasteiger partial charge in [0.25, 0.3) is 0 Å². The summed E-state index contributed by atoms with van der Waals surface area (Å²) in [5.74, 6) is 0.197. The van der Waals surface area contributed by atoms with Crippen molar-refractivity contribution in [3.63, 3.8) is 0 Å². The number of fused-ring (bicyclic) bond motifs is 3. The van der Waals surface area contributed by atoms with Gasteiger partial charge in [-0.1, -0.05) is 35.9 Å². The first-order valence-electron chi connectivity index (χ1n) is 12.4. The van der Waals surface area contributed by atoms with E-state index >= 15 is 0 Å². The molecule has 3 aromatic rings. The molecule has 38 heavy (non-hydrogen) atoms. The number of carbonyl (C=O) groups excluding carboxylic acids is 1. The van der Waals surface area contributed by atoms with Crippen LogP contribution in [0.3, 0.4) is 0 Å². The molecule has 1 fully saturated rings. The van der Waals surface area contributed by atoms with E-state index in [1.165, 1.54) is 6.07 Å². The Kier molecular flexibility index (Phi) is 7.42. The quantitative estimate of drug-likeness (QED) is 0.294. The first-order chi connectivity index (χ1) is 18.4. The fourth-order valence-electron chi connectivity index (χ4n) is 4.96. The zero-order valence-electron chi connectivity index (χ0n) is 21.1. The molecule has 0 spiro atoms. The van der Waals surface area contributed by atoms with Crippen molar-refractivity contribution in [2.45, 2.75) is 38.1 Å². The molecule has 0 saturated carbocycles. The van der Waals surface area contributed by atoms with Gasteiger partial charge in [0.05, 0.1) is 31.4 Å². The molecule has 9 nitrogen and oxygen atoms in total. The third kappa shape index (κ3) is 5.13. The second-order valence-electron chi connectivity index (χ2n) is 9.34. The van der Waals surface area contributed by atoms with E-state index in [0.717, 1.165) is 22.5 Å². The highest BCUT2D eigenvalue weighted by Crippen LogP contribution is 2.36. The smallest absolute Gasteiger partial charge is 0.222 e. The Morgan fingerprint density at radius 2 is 1.92 bits per heavy atom. The van der Waals surface area contributed by atoms with Crippen LogP contribution in [-0.4, -0.2) is 53.9 Å². The molecule has 0 aliphatic carbocycles. The Balaban J connectivity index is 1.44. The molecule has 3 atom stereocenters. The van der Waals surface area contributed by atoms with Crippen molar-refractivity contribution < 1.29 is 19.7 Å². The number of carbonyl (C=O) groups is 1. The van der Waals surface area contributed by atoms with E-state index in [1.54, 1.807) is 19.2 Å². The van der Waals surface area contributed by atoms with Crippen LogP contribution < -0.4 is 25.8 Å². The number of phenols is 2. The van der Waals surface area contributed by atoms with Crippen LogP contribution in [0.5, 0.6) is 17.2 Å². The minimum absolute atomic E-state index is 0.0498. The number of aromatic hydroxyl groups is 2. The third-order valence-electron chi connectivity index (χ3n) is 6.88. The normalized spacial score (nSPS) is 20.2. The SMILES string of the molecule is COc1ccc2c(c1)C(c1ccc(Cl)cc1)=N[C@@H](CC(=O)NCCc1cccc(O)c1O)C1NNC(C)N21. The fraction of sp³-hybridized carbons (Fsp3) is 0.286. The van der Waals surface area contributed by atoms with E-state index in [1.807, 2.05) is 49.4 Å². The van der Waals surface area contributed by atoms with E-state index < -0.39 is 6.04 Å². The number of aliphatic imine (C=N–C) groups is 1. The van der Waals surface area contributed by atoms with Crippen molar-refractivity contribution in [1.82, 2.24) is 16.2 Å². The molecule has 3 aromatic carbocycles. The maximum atomic E-state index is 13.1. The highest BCUT2D eigenvalue weighted by molar-refractivity contribution is 6.30. The summed E-state index contributed by atoms with van der Waals surface area (Å²) in [4.78, 5) is 20.4. The summed E-state index contributed by atoms with van der Waals surface area (Å²) in [5.41, 5.74) is 10.7. The van der Waals surface area contributed by atoms with Crippen molar-refractivity contribution >= 4 is 28.9 Å². The van der Waals surface area contributed by atoms with Crippen molar-refractivity contribution in [3.05, 3.63) is 82.4 Å². The molecule has 5 rings (SSSR count). The predicted octanol–water partition coefficient (Wildman–Crippen LogP) is 3.31. The number of phenolic OH excluding ortho intramolecular Hbond substituents is 2. The van der Waals surface area contributed by atoms with Gasteiger partial charge in [0.15, 0.2) is 11.5 Å². The maximum absolute atomic E-state index is 13.1. The molecule has 0 radical (unpaired) electrons. The average molecular weight is 536 g/mol. The number of ether oxygens (including phenoxy) is 1. The molecule has 2 unspecified atom stereocenters. The Bertz CT molecular complexity index is 1360. The molecular weight excluding hydrogens is 506 g/mol. The summed E-state index contributed by atoms with van der Waals surface area (Å²) >= 11 is 6.17. The molecule has 0 bridgehead atoms. The summed E-state index contributed by atoms with van der Waals surface area (Å²) in [6.07, 6.45) is 0.193. The minimum atomic E-state index is -0.425. The first-order valence-corrected chi connectivity index (χ1v) is 12.8. The standard InChI is InChI=1S/C28H30ClN5O4/c1-16-32-33-28-22(15-25(36)30-13-12-18-4-3-5-24(35)27(18)37)31-26(17-6-8-19(29)9-7-17)21-14-20(38-2)10-11-23(21)34(16)28/h3-11,14,16,22,28,32-33,35,37H,12-13,15H2,1-2H3,(H,30,36)/t16?,22-,28?/m0/s1. The molecule has 1 amide bonds. The second-order valence-corrected chi connectivity index (χ2v) is 9.78. The number of nitrogens with one attached hydrogen (secondary N) is 3. The van der Waals surface area contributed by atoms with Gasteiger partial charge >= 0.3 is 0 Å². The van der Waals surface area contributed by atoms with Crippen molar-refractivity contribution in [2.24, 2.45) is 4.99 Å². The van der Waals surface area contributed by atoms with E-state index in [2.05, 4.69) is 21.1 Å². The van der Waals surface area contributed by atoms with E-state index in [0.29, 0.717) is 29.3 Å². The molecule has 2 heterocycles. The van der Waals surface area contributed by atoms with Gasteiger partial charge in [-0.05, 0) is 55.3 Å². The highest BCUT2D eigenvalue weighted by atomic mass is 35.5. The predicted molar refractivity (Wildman–Crippen MR) is 147 cm³/mol. The van der Waals surface area contributed by atoms with Gasteiger partial charge in [-0.25, -0.2) is 10.9 Å². The number of hydrogen-bond donors (Lipinski definition) is 5. The number of nitrogens with zero attached hydrogens (tertiary/aromatic N) is 2. The highest BCUT2D eigenvalue weighted by Gasteiger charge is 2.40. The number of anilines is 1. The Morgan fingerprint density at radius 1 is 1.13 bits per heavy atom. The summed E-state index contributed by atoms with van der Waals surface area (Å²) in [5, 5.41) is 23.3. The van der Waals surface area contributed by atoms with Gasteiger partial charge in [-0.3, -0.25) is 9.79 Å². The van der Waals surface area contributed by atoms with Gasteiger partial charge in [0.2, 0.25) is 5.91 Å². The lowest BCUT2D eigenvalue weighted by molar-refractivity contribution is -0.121. The van der Waals surface area contributed by atoms with Gasteiger partial charge in [-0.15, -0.1) is 0 Å². The number of hydrogen-bond acceptors (Lipinski definition) is 8. The van der Waals surface area contributed by atoms with Crippen LogP contribution in [0.25, 0.3) is 0 Å². The lowest BCUT2D eigenvalue weighted by Gasteiger charge is -2.31. The lowest BCUT2D eigenvalue weighted by Crippen LogP contribution is -2.47. The van der Waals surface area contributed by atoms with Gasteiger partial charge in [0.1, 0.15) is 11.9 Å². The largest absolute Gasteiger partial charge is 0.504 e. The number of halogens is 1. The molecular formula is C28H30ClN5O4. The zero-order valence-corrected chi connectivity index (χ0v) is 21.9. The van der Waals surface area contributed by atoms with E-state index in [-0.39, 0.29) is 36.2 Å². The van der Waals surface area contributed by atoms with Crippen LogP contribution in [0.2, 0.25) is 5.02 Å². The third-order valence-corrected chi connectivity index (χ3v) is 7.13. The average Bonchev–Trinajstić information content (AvgIpc) is 3.24. The fourth-order valence-corrected chi connectivity index (χ4v) is 5.09.